The number of aryl methyl sites for hydroxylation is 1. The van der Waals surface area contributed by atoms with Crippen molar-refractivity contribution in [1.82, 2.24) is 9.97 Å². The molecule has 5 nitrogen and oxygen atoms in total. The molecule has 0 spiro atoms. The average molecular weight is 391 g/mol. The second kappa shape index (κ2) is 9.60. The first-order valence-corrected chi connectivity index (χ1v) is 10.8. The summed E-state index contributed by atoms with van der Waals surface area (Å²) in [5.41, 5.74) is 1.29. The zero-order valence-corrected chi connectivity index (χ0v) is 17.4. The Labute approximate surface area is 165 Å². The number of hydrogen-bond donors (Lipinski definition) is 0. The van der Waals surface area contributed by atoms with Crippen LogP contribution in [0.2, 0.25) is 0 Å². The number of fused-ring (bicyclic) bond motifs is 3. The minimum atomic E-state index is 0.269. The summed E-state index contributed by atoms with van der Waals surface area (Å²) in [6.07, 6.45) is 10.3. The number of rotatable bonds is 5. The van der Waals surface area contributed by atoms with Crippen LogP contribution in [-0.2, 0) is 16.0 Å². The molecule has 1 saturated carbocycles. The van der Waals surface area contributed by atoms with Crippen molar-refractivity contribution in [2.75, 3.05) is 13.7 Å². The molecule has 4 rings (SSSR count). The molecule has 0 amide bonds. The standard InChI is InChI=1S/C18H22N2O2S.C3H8O/c1-11-2-5-13(6-3-11)22-17-16-15-12(8-9-21)4-7-14(15)23-18(16)20-10-19-17;1-3-4-2/h9-13H,2-8H2,1H3;3H2,1-2H3. The highest BCUT2D eigenvalue weighted by atomic mass is 32.1. The highest BCUT2D eigenvalue weighted by Gasteiger charge is 2.30. The average Bonchev–Trinajstić information content (AvgIpc) is 3.24. The fourth-order valence-corrected chi connectivity index (χ4v) is 5.22. The van der Waals surface area contributed by atoms with Crippen molar-refractivity contribution in [3.8, 4) is 5.88 Å². The van der Waals surface area contributed by atoms with E-state index in [1.807, 2.05) is 6.92 Å². The van der Waals surface area contributed by atoms with Crippen LogP contribution in [0.15, 0.2) is 6.33 Å². The number of nitrogens with zero attached hydrogens (tertiary/aromatic N) is 2. The summed E-state index contributed by atoms with van der Waals surface area (Å²) in [4.78, 5) is 22.3. The molecular formula is C21H30N2O3S. The van der Waals surface area contributed by atoms with Gasteiger partial charge in [0.15, 0.2) is 0 Å². The first kappa shape index (κ1) is 20.2. The highest BCUT2D eigenvalue weighted by Crippen LogP contribution is 2.47. The quantitative estimate of drug-likeness (QED) is 0.678. The predicted octanol–water partition coefficient (Wildman–Crippen LogP) is 4.92. The molecule has 1 fully saturated rings. The van der Waals surface area contributed by atoms with E-state index in [0.717, 1.165) is 60.6 Å². The molecule has 2 aromatic heterocycles. The molecule has 0 radical (unpaired) electrons. The van der Waals surface area contributed by atoms with Crippen LogP contribution in [0.25, 0.3) is 10.2 Å². The first-order chi connectivity index (χ1) is 13.2. The maximum atomic E-state index is 11.0. The summed E-state index contributed by atoms with van der Waals surface area (Å²) in [5, 5.41) is 1.08. The lowest BCUT2D eigenvalue weighted by molar-refractivity contribution is -0.108. The van der Waals surface area contributed by atoms with E-state index in [4.69, 9.17) is 4.74 Å². The van der Waals surface area contributed by atoms with E-state index < -0.39 is 0 Å². The van der Waals surface area contributed by atoms with Gasteiger partial charge in [-0.2, -0.15) is 0 Å². The third-order valence-electron chi connectivity index (χ3n) is 5.61. The topological polar surface area (TPSA) is 61.3 Å². The molecule has 27 heavy (non-hydrogen) atoms. The summed E-state index contributed by atoms with van der Waals surface area (Å²) in [6, 6.07) is 0. The summed E-state index contributed by atoms with van der Waals surface area (Å²) < 4.78 is 10.8. The summed E-state index contributed by atoms with van der Waals surface area (Å²) in [5.74, 6) is 1.86. The zero-order valence-electron chi connectivity index (χ0n) is 16.6. The van der Waals surface area contributed by atoms with Crippen molar-refractivity contribution in [3.63, 3.8) is 0 Å². The van der Waals surface area contributed by atoms with Crippen molar-refractivity contribution in [3.05, 3.63) is 16.8 Å². The molecule has 1 unspecified atom stereocenters. The Hall–Kier alpha value is -1.53. The third kappa shape index (κ3) is 4.66. The molecule has 148 valence electrons. The number of methoxy groups -OCH3 is 1. The fourth-order valence-electron chi connectivity index (χ4n) is 3.99. The van der Waals surface area contributed by atoms with Crippen LogP contribution in [0, 0.1) is 5.92 Å². The number of carbonyl (C=O) groups excluding carboxylic acids is 1. The molecule has 0 bridgehead atoms. The Kier molecular flexibility index (Phi) is 7.19. The molecule has 2 aromatic rings. The van der Waals surface area contributed by atoms with E-state index in [0.29, 0.717) is 12.3 Å². The molecule has 0 N–H and O–H groups in total. The molecule has 0 aliphatic heterocycles. The number of aldehydes is 1. The molecule has 2 aliphatic carbocycles. The smallest absolute Gasteiger partial charge is 0.225 e. The number of hydrogen-bond acceptors (Lipinski definition) is 6. The van der Waals surface area contributed by atoms with E-state index in [2.05, 4.69) is 21.6 Å². The normalized spacial score (nSPS) is 24.2. The van der Waals surface area contributed by atoms with Gasteiger partial charge in [0.1, 0.15) is 23.5 Å². The minimum absolute atomic E-state index is 0.269. The summed E-state index contributed by atoms with van der Waals surface area (Å²) in [7, 11) is 1.68. The predicted molar refractivity (Wildman–Crippen MR) is 109 cm³/mol. The van der Waals surface area contributed by atoms with Gasteiger partial charge in [-0.05, 0) is 62.8 Å². The van der Waals surface area contributed by atoms with Crippen LogP contribution < -0.4 is 4.74 Å². The Bertz CT molecular complexity index is 751. The van der Waals surface area contributed by atoms with Gasteiger partial charge in [-0.15, -0.1) is 11.3 Å². The largest absolute Gasteiger partial charge is 0.474 e. The van der Waals surface area contributed by atoms with Crippen LogP contribution in [0.3, 0.4) is 0 Å². The Morgan fingerprint density at radius 1 is 1.22 bits per heavy atom. The fraction of sp³-hybridized carbons (Fsp3) is 0.667. The van der Waals surface area contributed by atoms with Gasteiger partial charge in [0, 0.05) is 25.0 Å². The van der Waals surface area contributed by atoms with E-state index in [-0.39, 0.29) is 6.10 Å². The van der Waals surface area contributed by atoms with Gasteiger partial charge in [0.2, 0.25) is 5.88 Å². The molecule has 2 aliphatic rings. The Morgan fingerprint density at radius 2 is 1.96 bits per heavy atom. The lowest BCUT2D eigenvalue weighted by atomic mass is 9.89. The van der Waals surface area contributed by atoms with Gasteiger partial charge in [-0.1, -0.05) is 6.92 Å². The van der Waals surface area contributed by atoms with Gasteiger partial charge in [0.25, 0.3) is 0 Å². The molecule has 0 aromatic carbocycles. The number of ether oxygens (including phenoxy) is 2. The monoisotopic (exact) mass is 390 g/mol. The maximum absolute atomic E-state index is 11.0. The molecule has 1 atom stereocenters. The number of carbonyl (C=O) groups is 1. The third-order valence-corrected chi connectivity index (χ3v) is 6.78. The summed E-state index contributed by atoms with van der Waals surface area (Å²) in [6.45, 7) is 5.09. The van der Waals surface area contributed by atoms with E-state index in [9.17, 15) is 4.79 Å². The highest BCUT2D eigenvalue weighted by molar-refractivity contribution is 7.19. The van der Waals surface area contributed by atoms with Crippen molar-refractivity contribution in [2.24, 2.45) is 5.92 Å². The molecule has 0 saturated heterocycles. The molecule has 2 heterocycles. The van der Waals surface area contributed by atoms with Crippen molar-refractivity contribution in [1.29, 1.82) is 0 Å². The number of aromatic nitrogens is 2. The van der Waals surface area contributed by atoms with Crippen LogP contribution in [0.4, 0.5) is 0 Å². The lowest BCUT2D eigenvalue weighted by Gasteiger charge is -2.26. The van der Waals surface area contributed by atoms with E-state index in [1.165, 1.54) is 23.3 Å². The van der Waals surface area contributed by atoms with Crippen LogP contribution in [-0.4, -0.2) is 36.1 Å². The first-order valence-electron chi connectivity index (χ1n) is 10.0. The SMILES string of the molecule is CC1CCC(Oc2ncnc3sc4c(c23)C(CC=O)CC4)CC1.CCOC. The van der Waals surface area contributed by atoms with Gasteiger partial charge < -0.3 is 14.3 Å². The molecule has 6 heteroatoms. The maximum Gasteiger partial charge on any atom is 0.225 e. The lowest BCUT2D eigenvalue weighted by Crippen LogP contribution is -2.23. The van der Waals surface area contributed by atoms with Gasteiger partial charge in [-0.25, -0.2) is 9.97 Å². The minimum Gasteiger partial charge on any atom is -0.474 e. The van der Waals surface area contributed by atoms with Gasteiger partial charge in [0.05, 0.1) is 5.39 Å². The van der Waals surface area contributed by atoms with Gasteiger partial charge in [-0.3, -0.25) is 0 Å². The summed E-state index contributed by atoms with van der Waals surface area (Å²) >= 11 is 1.75. The second-order valence-electron chi connectivity index (χ2n) is 7.51. The zero-order chi connectivity index (χ0) is 19.2. The van der Waals surface area contributed by atoms with E-state index >= 15 is 0 Å². The van der Waals surface area contributed by atoms with Gasteiger partial charge >= 0.3 is 0 Å². The van der Waals surface area contributed by atoms with Crippen LogP contribution in [0.5, 0.6) is 5.88 Å². The molecular weight excluding hydrogens is 360 g/mol. The van der Waals surface area contributed by atoms with Crippen LogP contribution in [0.1, 0.15) is 68.7 Å². The number of thiophene rings is 1. The Balaban J connectivity index is 0.000000481. The van der Waals surface area contributed by atoms with Crippen molar-refractivity contribution >= 4 is 27.8 Å². The van der Waals surface area contributed by atoms with Crippen LogP contribution >= 0.6 is 11.3 Å². The van der Waals surface area contributed by atoms with E-state index in [1.54, 1.807) is 24.8 Å². The second-order valence-corrected chi connectivity index (χ2v) is 8.60. The Morgan fingerprint density at radius 3 is 2.63 bits per heavy atom. The van der Waals surface area contributed by atoms with Crippen molar-refractivity contribution < 1.29 is 14.3 Å². The van der Waals surface area contributed by atoms with Crippen molar-refractivity contribution in [2.45, 2.75) is 70.8 Å².